The van der Waals surface area contributed by atoms with Gasteiger partial charge in [0.05, 0.1) is 12.6 Å². The second-order valence-electron chi connectivity index (χ2n) is 9.91. The van der Waals surface area contributed by atoms with Crippen LogP contribution in [0, 0.1) is 0 Å². The summed E-state index contributed by atoms with van der Waals surface area (Å²) in [5.41, 5.74) is 2.48. The number of halogens is 1. The number of aliphatic carboxylic acids is 1. The van der Waals surface area contributed by atoms with E-state index in [9.17, 15) is 14.7 Å². The van der Waals surface area contributed by atoms with Crippen LogP contribution in [0.4, 0.5) is 4.79 Å². The summed E-state index contributed by atoms with van der Waals surface area (Å²) in [5, 5.41) is 10.8. The van der Waals surface area contributed by atoms with Gasteiger partial charge in [0.2, 0.25) is 0 Å². The fraction of sp³-hybridized carbons (Fsp3) is 0.481. The number of hydrogen-bond donors (Lipinski definition) is 1. The van der Waals surface area contributed by atoms with Gasteiger partial charge in [-0.1, -0.05) is 48.0 Å². The Kier molecular flexibility index (Phi) is 11.3. The molecule has 2 aromatic rings. The fourth-order valence-corrected chi connectivity index (χ4v) is 4.48. The molecule has 9 heteroatoms. The van der Waals surface area contributed by atoms with Crippen LogP contribution in [0.25, 0.3) is 0 Å². The standard InChI is InChI=1S/C27H35ClN2O5.Li.H/c1-27(2,3)35-26(33)30-17-21-8-6-5-7-20(21)16-23(30)18-29(13-14-34-4)24(25(31)32)15-19-9-11-22(28)12-10-19;;/h5-12,23-24H,13-18H2,1-4H3,(H,31,32);;. The van der Waals surface area contributed by atoms with Crippen molar-refractivity contribution in [3.8, 4) is 0 Å². The quantitative estimate of drug-likeness (QED) is 0.514. The van der Waals surface area contributed by atoms with E-state index < -0.39 is 23.7 Å². The van der Waals surface area contributed by atoms with E-state index in [4.69, 9.17) is 21.1 Å². The minimum absolute atomic E-state index is 0. The molecule has 0 spiro atoms. The van der Waals surface area contributed by atoms with Crippen molar-refractivity contribution in [1.82, 2.24) is 9.80 Å². The van der Waals surface area contributed by atoms with Crippen molar-refractivity contribution < 1.29 is 24.2 Å². The molecule has 2 atom stereocenters. The average Bonchev–Trinajstić information content (AvgIpc) is 2.79. The van der Waals surface area contributed by atoms with Crippen LogP contribution in [0.15, 0.2) is 48.5 Å². The minimum atomic E-state index is -0.920. The summed E-state index contributed by atoms with van der Waals surface area (Å²) in [6.45, 7) is 7.12. The molecule has 7 nitrogen and oxygen atoms in total. The molecule has 0 saturated heterocycles. The number of hydrogen-bond acceptors (Lipinski definition) is 5. The van der Waals surface area contributed by atoms with Gasteiger partial charge in [-0.15, -0.1) is 0 Å². The number of ether oxygens (including phenoxy) is 2. The van der Waals surface area contributed by atoms with Crippen LogP contribution in [0.3, 0.4) is 0 Å². The van der Waals surface area contributed by atoms with Gasteiger partial charge in [-0.3, -0.25) is 14.6 Å². The van der Waals surface area contributed by atoms with Crippen LogP contribution in [-0.2, 0) is 33.7 Å². The molecule has 36 heavy (non-hydrogen) atoms. The topological polar surface area (TPSA) is 79.3 Å². The fourth-order valence-electron chi connectivity index (χ4n) is 4.35. The summed E-state index contributed by atoms with van der Waals surface area (Å²) >= 11 is 6.01. The summed E-state index contributed by atoms with van der Waals surface area (Å²) in [7, 11) is 1.59. The van der Waals surface area contributed by atoms with Crippen LogP contribution in [-0.4, -0.2) is 90.3 Å². The van der Waals surface area contributed by atoms with Gasteiger partial charge in [0.25, 0.3) is 0 Å². The van der Waals surface area contributed by atoms with Crippen molar-refractivity contribution in [3.05, 3.63) is 70.2 Å². The Bertz CT molecular complexity index is 1010. The number of fused-ring (bicyclic) bond motifs is 1. The van der Waals surface area contributed by atoms with E-state index in [1.807, 2.05) is 56.0 Å². The van der Waals surface area contributed by atoms with Gasteiger partial charge in [-0.05, 0) is 62.4 Å². The molecule has 0 aliphatic carbocycles. The van der Waals surface area contributed by atoms with E-state index in [1.165, 1.54) is 0 Å². The Morgan fingerprint density at radius 2 is 1.78 bits per heavy atom. The van der Waals surface area contributed by atoms with Crippen LogP contribution in [0.5, 0.6) is 0 Å². The number of carboxylic acid groups (broad SMARTS) is 1. The number of carbonyl (C=O) groups excluding carboxylic acids is 1. The van der Waals surface area contributed by atoms with Crippen molar-refractivity contribution in [2.45, 2.75) is 57.8 Å². The molecule has 2 aromatic carbocycles. The number of amides is 1. The first-order valence-electron chi connectivity index (χ1n) is 11.8. The molecular formula is C27H36ClLiN2O5. The Balaban J connectivity index is 0.00000456. The molecule has 192 valence electrons. The first-order chi connectivity index (χ1) is 16.6. The molecule has 1 N–H and O–H groups in total. The molecule has 1 aliphatic rings. The van der Waals surface area contributed by atoms with Crippen molar-refractivity contribution in [1.29, 1.82) is 0 Å². The Labute approximate surface area is 230 Å². The van der Waals surface area contributed by atoms with Gasteiger partial charge >= 0.3 is 30.9 Å². The average molecular weight is 511 g/mol. The molecule has 1 aliphatic heterocycles. The third kappa shape index (κ3) is 8.54. The predicted molar refractivity (Wildman–Crippen MR) is 143 cm³/mol. The molecule has 0 saturated carbocycles. The number of carbonyl (C=O) groups is 2. The first kappa shape index (κ1) is 30.2. The van der Waals surface area contributed by atoms with Crippen molar-refractivity contribution in [2.24, 2.45) is 0 Å². The van der Waals surface area contributed by atoms with Crippen LogP contribution < -0.4 is 0 Å². The van der Waals surface area contributed by atoms with Crippen molar-refractivity contribution in [2.75, 3.05) is 26.8 Å². The SMILES string of the molecule is COCCN(CC1Cc2ccccc2CN1C(=O)OC(C)(C)C)C(Cc1ccc(Cl)cc1)C(=O)O.[LiH]. The zero-order valence-electron chi connectivity index (χ0n) is 20.9. The summed E-state index contributed by atoms with van der Waals surface area (Å²) in [6, 6.07) is 14.2. The molecule has 0 radical (unpaired) electrons. The zero-order chi connectivity index (χ0) is 25.6. The van der Waals surface area contributed by atoms with Gasteiger partial charge in [-0.25, -0.2) is 4.79 Å². The molecule has 0 fully saturated rings. The van der Waals surface area contributed by atoms with E-state index in [2.05, 4.69) is 6.07 Å². The van der Waals surface area contributed by atoms with E-state index in [0.717, 1.165) is 16.7 Å². The third-order valence-corrected chi connectivity index (χ3v) is 6.33. The monoisotopic (exact) mass is 510 g/mol. The van der Waals surface area contributed by atoms with Crippen LogP contribution in [0.1, 0.15) is 37.5 Å². The maximum absolute atomic E-state index is 13.2. The van der Waals surface area contributed by atoms with E-state index in [-0.39, 0.29) is 24.9 Å². The van der Waals surface area contributed by atoms with E-state index >= 15 is 0 Å². The van der Waals surface area contributed by atoms with Gasteiger partial charge in [-0.2, -0.15) is 0 Å². The van der Waals surface area contributed by atoms with Crippen LogP contribution >= 0.6 is 11.6 Å². The maximum atomic E-state index is 13.2. The number of methoxy groups -OCH3 is 1. The predicted octanol–water partition coefficient (Wildman–Crippen LogP) is 4.00. The number of nitrogens with zero attached hydrogens (tertiary/aromatic N) is 2. The second kappa shape index (κ2) is 13.5. The molecular weight excluding hydrogens is 475 g/mol. The molecule has 1 heterocycles. The first-order valence-corrected chi connectivity index (χ1v) is 12.2. The summed E-state index contributed by atoms with van der Waals surface area (Å²) < 4.78 is 11.0. The zero-order valence-corrected chi connectivity index (χ0v) is 21.6. The number of benzene rings is 2. The van der Waals surface area contributed by atoms with E-state index in [1.54, 1.807) is 24.1 Å². The normalized spacial score (nSPS) is 16.2. The number of rotatable bonds is 9. The molecule has 1 amide bonds. The summed E-state index contributed by atoms with van der Waals surface area (Å²) in [6.07, 6.45) is 0.534. The van der Waals surface area contributed by atoms with Gasteiger partial charge in [0, 0.05) is 31.8 Å². The van der Waals surface area contributed by atoms with Gasteiger partial charge in [0.1, 0.15) is 11.6 Å². The summed E-state index contributed by atoms with van der Waals surface area (Å²) in [4.78, 5) is 29.2. The van der Waals surface area contributed by atoms with Crippen molar-refractivity contribution >= 4 is 42.5 Å². The van der Waals surface area contributed by atoms with E-state index in [0.29, 0.717) is 44.1 Å². The van der Waals surface area contributed by atoms with Gasteiger partial charge < -0.3 is 14.6 Å². The Hall–Kier alpha value is -2.01. The molecule has 2 unspecified atom stereocenters. The Morgan fingerprint density at radius 1 is 1.14 bits per heavy atom. The summed E-state index contributed by atoms with van der Waals surface area (Å²) in [5.74, 6) is -0.920. The van der Waals surface area contributed by atoms with Crippen LogP contribution in [0.2, 0.25) is 5.02 Å². The molecule has 3 rings (SSSR count). The Morgan fingerprint density at radius 3 is 2.36 bits per heavy atom. The van der Waals surface area contributed by atoms with Gasteiger partial charge in [0.15, 0.2) is 0 Å². The third-order valence-electron chi connectivity index (χ3n) is 6.08. The molecule has 0 aromatic heterocycles. The van der Waals surface area contributed by atoms with Crippen molar-refractivity contribution in [3.63, 3.8) is 0 Å². The number of carboxylic acids is 1. The second-order valence-corrected chi connectivity index (χ2v) is 10.3. The molecule has 0 bridgehead atoms.